The summed E-state index contributed by atoms with van der Waals surface area (Å²) in [4.78, 5) is 37.4. The van der Waals surface area contributed by atoms with E-state index in [9.17, 15) is 31.5 Å². The van der Waals surface area contributed by atoms with Gasteiger partial charge in [-0.25, -0.2) is 28.3 Å². The molecule has 5 rings (SSSR count). The minimum atomic E-state index is -4.51. The summed E-state index contributed by atoms with van der Waals surface area (Å²) >= 11 is 0. The molecular weight excluding hydrogens is 539 g/mol. The van der Waals surface area contributed by atoms with Crippen molar-refractivity contribution in [3.8, 4) is 0 Å². The molecule has 0 spiro atoms. The fourth-order valence-corrected chi connectivity index (χ4v) is 5.28. The molecule has 15 heteroatoms. The Bertz CT molecular complexity index is 1420. The van der Waals surface area contributed by atoms with Gasteiger partial charge in [-0.1, -0.05) is 0 Å². The molecule has 2 amide bonds. The number of rotatable bonds is 7. The van der Waals surface area contributed by atoms with Crippen molar-refractivity contribution in [2.75, 3.05) is 0 Å². The van der Waals surface area contributed by atoms with Gasteiger partial charge in [-0.05, 0) is 38.2 Å². The first-order valence-electron chi connectivity index (χ1n) is 13.0. The standard InChI is InChI=1S/C25H27F5N8O2/c1-2-37-19(5-8-33-37)22(40)35-20(14-3-6-24(26,27)7-4-14)18-13-38-23(34-18)32-12-17(36-38)10-15-9-16(25(28,29)30)11-31-21(15)39/h5,8,11-16,20H,2-4,6-7,9-10H2,1H3,(H,35,40)/t15-,16-,20+/m1/s1. The molecule has 1 aliphatic heterocycles. The van der Waals surface area contributed by atoms with Crippen molar-refractivity contribution < 1.29 is 31.5 Å². The van der Waals surface area contributed by atoms with E-state index in [2.05, 4.69) is 30.5 Å². The lowest BCUT2D eigenvalue weighted by Gasteiger charge is -2.33. The van der Waals surface area contributed by atoms with Gasteiger partial charge in [0.2, 0.25) is 11.8 Å². The van der Waals surface area contributed by atoms with Gasteiger partial charge in [0.05, 0.1) is 35.7 Å². The van der Waals surface area contributed by atoms with Crippen LogP contribution in [0.15, 0.2) is 29.6 Å². The lowest BCUT2D eigenvalue weighted by Crippen LogP contribution is -2.38. The van der Waals surface area contributed by atoms with Crippen molar-refractivity contribution >= 4 is 23.8 Å². The summed E-state index contributed by atoms with van der Waals surface area (Å²) in [5.74, 6) is -6.86. The van der Waals surface area contributed by atoms with Crippen molar-refractivity contribution in [2.24, 2.45) is 22.7 Å². The number of imidazole rings is 1. The van der Waals surface area contributed by atoms with E-state index in [0.717, 1.165) is 0 Å². The van der Waals surface area contributed by atoms with Gasteiger partial charge in [-0.15, -0.1) is 0 Å². The maximum atomic E-state index is 13.9. The van der Waals surface area contributed by atoms with Crippen molar-refractivity contribution in [1.82, 2.24) is 34.7 Å². The summed E-state index contributed by atoms with van der Waals surface area (Å²) in [5.41, 5.74) is 0.934. The lowest BCUT2D eigenvalue weighted by molar-refractivity contribution is -0.160. The normalized spacial score (nSPS) is 22.5. The van der Waals surface area contributed by atoms with E-state index < -0.39 is 48.2 Å². The molecule has 0 radical (unpaired) electrons. The average Bonchev–Trinajstić information content (AvgIpc) is 3.55. The number of aryl methyl sites for hydroxylation is 1. The predicted octanol–water partition coefficient (Wildman–Crippen LogP) is 3.98. The van der Waals surface area contributed by atoms with Crippen molar-refractivity contribution in [3.63, 3.8) is 0 Å². The third-order valence-corrected chi connectivity index (χ3v) is 7.49. The van der Waals surface area contributed by atoms with Crippen LogP contribution in [0.4, 0.5) is 22.0 Å². The molecule has 4 heterocycles. The molecule has 0 unspecified atom stereocenters. The van der Waals surface area contributed by atoms with Gasteiger partial charge in [0.1, 0.15) is 5.69 Å². The van der Waals surface area contributed by atoms with E-state index in [1.165, 1.54) is 27.8 Å². The van der Waals surface area contributed by atoms with Crippen LogP contribution >= 0.6 is 0 Å². The number of carbonyl (C=O) groups is 2. The number of nitrogens with one attached hydrogen (secondary N) is 1. The van der Waals surface area contributed by atoms with E-state index >= 15 is 0 Å². The largest absolute Gasteiger partial charge is 0.396 e. The summed E-state index contributed by atoms with van der Waals surface area (Å²) in [5, 5.41) is 11.4. The SMILES string of the molecule is CCn1nccc1C(=O)N[C@H](c1cn2nc(C[C@H]3C[C@@H](C(F)(F)F)C=NC3=O)cnc2n1)C1CCC(F)(F)CC1. The topological polar surface area (TPSA) is 119 Å². The van der Waals surface area contributed by atoms with E-state index in [4.69, 9.17) is 0 Å². The van der Waals surface area contributed by atoms with E-state index in [1.54, 1.807) is 6.07 Å². The zero-order valence-electron chi connectivity index (χ0n) is 21.5. The second-order valence-electron chi connectivity index (χ2n) is 10.2. The lowest BCUT2D eigenvalue weighted by atomic mass is 9.81. The maximum Gasteiger partial charge on any atom is 0.396 e. The van der Waals surface area contributed by atoms with E-state index in [-0.39, 0.29) is 49.5 Å². The number of nitrogens with zero attached hydrogens (tertiary/aromatic N) is 7. The van der Waals surface area contributed by atoms with Crippen LogP contribution in [0.1, 0.15) is 66.9 Å². The number of fused-ring (bicyclic) bond motifs is 1. The number of hydrogen-bond acceptors (Lipinski definition) is 6. The zero-order valence-corrected chi connectivity index (χ0v) is 21.5. The second-order valence-corrected chi connectivity index (χ2v) is 10.2. The van der Waals surface area contributed by atoms with Crippen molar-refractivity contribution in [3.05, 3.63) is 41.7 Å². The van der Waals surface area contributed by atoms with Gasteiger partial charge in [-0.2, -0.15) is 23.4 Å². The molecule has 1 N–H and O–H groups in total. The Hall–Kier alpha value is -3.78. The van der Waals surface area contributed by atoms with Gasteiger partial charge in [0, 0.05) is 44.1 Å². The molecule has 2 aliphatic rings. The molecule has 40 heavy (non-hydrogen) atoms. The first kappa shape index (κ1) is 27.8. The maximum absolute atomic E-state index is 13.9. The first-order valence-corrected chi connectivity index (χ1v) is 13.0. The van der Waals surface area contributed by atoms with Crippen LogP contribution in [-0.4, -0.2) is 59.5 Å². The van der Waals surface area contributed by atoms with Crippen LogP contribution in [0, 0.1) is 17.8 Å². The number of amides is 2. The number of halogens is 5. The highest BCUT2D eigenvalue weighted by atomic mass is 19.4. The fourth-order valence-electron chi connectivity index (χ4n) is 5.28. The molecule has 0 saturated heterocycles. The number of aromatic nitrogens is 6. The Morgan fingerprint density at radius 1 is 1.25 bits per heavy atom. The van der Waals surface area contributed by atoms with Crippen LogP contribution in [-0.2, 0) is 17.8 Å². The second kappa shape index (κ2) is 10.7. The molecule has 0 aromatic carbocycles. The summed E-state index contributed by atoms with van der Waals surface area (Å²) < 4.78 is 70.2. The zero-order chi connectivity index (χ0) is 28.7. The van der Waals surface area contributed by atoms with Gasteiger partial charge < -0.3 is 5.32 Å². The highest BCUT2D eigenvalue weighted by molar-refractivity contribution is 5.92. The van der Waals surface area contributed by atoms with Gasteiger partial charge in [0.15, 0.2) is 0 Å². The van der Waals surface area contributed by atoms with Crippen LogP contribution < -0.4 is 5.32 Å². The quantitative estimate of drug-likeness (QED) is 0.432. The summed E-state index contributed by atoms with van der Waals surface area (Å²) in [6.45, 7) is 2.29. The Kier molecular flexibility index (Phi) is 7.40. The molecule has 10 nitrogen and oxygen atoms in total. The Morgan fingerprint density at radius 2 is 2.00 bits per heavy atom. The number of hydrogen-bond donors (Lipinski definition) is 1. The number of carbonyl (C=O) groups excluding carboxylic acids is 2. The Morgan fingerprint density at radius 3 is 2.70 bits per heavy atom. The minimum Gasteiger partial charge on any atom is -0.342 e. The third kappa shape index (κ3) is 5.87. The predicted molar refractivity (Wildman–Crippen MR) is 131 cm³/mol. The van der Waals surface area contributed by atoms with Crippen molar-refractivity contribution in [1.29, 1.82) is 0 Å². The number of alkyl halides is 5. The third-order valence-electron chi connectivity index (χ3n) is 7.49. The fraction of sp³-hybridized carbons (Fsp3) is 0.560. The highest BCUT2D eigenvalue weighted by Crippen LogP contribution is 2.41. The molecule has 1 saturated carbocycles. The Balaban J connectivity index is 1.40. The smallest absolute Gasteiger partial charge is 0.342 e. The average molecular weight is 567 g/mol. The van der Waals surface area contributed by atoms with Gasteiger partial charge in [0.25, 0.3) is 11.7 Å². The summed E-state index contributed by atoms with van der Waals surface area (Å²) in [6.07, 6.45) is -0.376. The molecule has 1 fully saturated rings. The number of aliphatic imine (C=N–C) groups is 1. The molecule has 1 aliphatic carbocycles. The minimum absolute atomic E-state index is 0.0991. The van der Waals surface area contributed by atoms with Crippen LogP contribution in [0.25, 0.3) is 5.78 Å². The molecular formula is C25H27F5N8O2. The highest BCUT2D eigenvalue weighted by Gasteiger charge is 2.43. The van der Waals surface area contributed by atoms with E-state index in [0.29, 0.717) is 24.1 Å². The van der Waals surface area contributed by atoms with Crippen LogP contribution in [0.5, 0.6) is 0 Å². The molecule has 214 valence electrons. The molecule has 3 atom stereocenters. The molecule has 3 aromatic rings. The van der Waals surface area contributed by atoms with Gasteiger partial charge >= 0.3 is 6.18 Å². The van der Waals surface area contributed by atoms with Crippen LogP contribution in [0.3, 0.4) is 0 Å². The first-order chi connectivity index (χ1) is 18.9. The molecule has 0 bridgehead atoms. The van der Waals surface area contributed by atoms with Crippen molar-refractivity contribution in [2.45, 2.75) is 70.1 Å². The summed E-state index contributed by atoms with van der Waals surface area (Å²) in [7, 11) is 0. The summed E-state index contributed by atoms with van der Waals surface area (Å²) in [6, 6.07) is 0.835. The molecule has 3 aromatic heterocycles. The monoisotopic (exact) mass is 566 g/mol. The van der Waals surface area contributed by atoms with E-state index in [1.807, 2.05) is 6.92 Å². The van der Waals surface area contributed by atoms with Gasteiger partial charge in [-0.3, -0.25) is 14.3 Å². The Labute approximate surface area is 225 Å². The van der Waals surface area contributed by atoms with Crippen LogP contribution in [0.2, 0.25) is 0 Å².